The molecule has 0 heterocycles. The Morgan fingerprint density at radius 1 is 1.57 bits per heavy atom. The fourth-order valence-electron chi connectivity index (χ4n) is 0.441. The summed E-state index contributed by atoms with van der Waals surface area (Å²) in [6, 6.07) is 0. The lowest BCUT2D eigenvalue weighted by Gasteiger charge is -1.81. The first kappa shape index (κ1) is 6.41. The van der Waals surface area contributed by atoms with Gasteiger partial charge < -0.3 is 0 Å². The Morgan fingerprint density at radius 3 is 2.00 bits per heavy atom. The van der Waals surface area contributed by atoms with Crippen molar-refractivity contribution in [1.82, 2.24) is 0 Å². The summed E-state index contributed by atoms with van der Waals surface area (Å²) in [7, 11) is 1.91. The van der Waals surface area contributed by atoms with Crippen molar-refractivity contribution in [2.75, 3.05) is 7.05 Å². The molecule has 0 amide bonds. The molecule has 0 radical (unpaired) electrons. The highest BCUT2D eigenvalue weighted by Crippen LogP contribution is 1.84. The Bertz CT molecular complexity index is 96.7. The zero-order chi connectivity index (χ0) is 5.86. The molecule has 0 aromatic heterocycles. The van der Waals surface area contributed by atoms with Crippen molar-refractivity contribution in [3.8, 4) is 0 Å². The Kier molecular flexibility index (Phi) is 2.34. The van der Waals surface area contributed by atoms with Crippen LogP contribution >= 0.6 is 0 Å². The van der Waals surface area contributed by atoms with Crippen LogP contribution in [0.3, 0.4) is 0 Å². The molecule has 0 aliphatic heterocycles. The van der Waals surface area contributed by atoms with Crippen LogP contribution in [0.15, 0.2) is 11.8 Å². The molecule has 1 nitrogen and oxygen atoms in total. The van der Waals surface area contributed by atoms with Crippen LogP contribution in [0.25, 0.3) is 0 Å². The molecule has 0 saturated heterocycles. The van der Waals surface area contributed by atoms with Gasteiger partial charge in [-0.1, -0.05) is 0 Å². The molecular formula is C6H12N+. The monoisotopic (exact) mass is 98.1 g/mol. The SMILES string of the molecule is C=[N+](C)C=C(C)C. The quantitative estimate of drug-likeness (QED) is 0.343. The third-order valence-electron chi connectivity index (χ3n) is 0.479. The van der Waals surface area contributed by atoms with E-state index in [1.54, 1.807) is 4.58 Å². The average molecular weight is 98.2 g/mol. The van der Waals surface area contributed by atoms with E-state index in [-0.39, 0.29) is 0 Å². The van der Waals surface area contributed by atoms with Gasteiger partial charge in [-0.25, -0.2) is 4.58 Å². The number of allylic oxidation sites excluding steroid dienone is 1. The zero-order valence-electron chi connectivity index (χ0n) is 5.23. The second kappa shape index (κ2) is 2.56. The summed E-state index contributed by atoms with van der Waals surface area (Å²) in [5.74, 6) is 0. The van der Waals surface area contributed by atoms with Crippen molar-refractivity contribution in [3.63, 3.8) is 0 Å². The molecule has 0 fully saturated rings. The predicted octanol–water partition coefficient (Wildman–Crippen LogP) is 1.25. The molecule has 0 aromatic rings. The largest absolute Gasteiger partial charge is 0.214 e. The molecule has 0 rings (SSSR count). The van der Waals surface area contributed by atoms with Crippen LogP contribution in [-0.2, 0) is 0 Å². The standard InChI is InChI=1S/C6H12N/c1-6(2)5-7(3)4/h5H,3H2,1-2,4H3/q+1. The van der Waals surface area contributed by atoms with E-state index in [0.29, 0.717) is 0 Å². The van der Waals surface area contributed by atoms with Crippen LogP contribution in [0.5, 0.6) is 0 Å². The van der Waals surface area contributed by atoms with Crippen LogP contribution in [-0.4, -0.2) is 18.3 Å². The lowest BCUT2D eigenvalue weighted by Crippen LogP contribution is -1.88. The highest BCUT2D eigenvalue weighted by atomic mass is 14.9. The summed E-state index contributed by atoms with van der Waals surface area (Å²) in [6.45, 7) is 7.72. The molecule has 0 atom stereocenters. The van der Waals surface area contributed by atoms with E-state index >= 15 is 0 Å². The third kappa shape index (κ3) is 5.41. The fraction of sp³-hybridized carbons (Fsp3) is 0.500. The lowest BCUT2D eigenvalue weighted by atomic mass is 10.4. The minimum atomic E-state index is 1.28. The van der Waals surface area contributed by atoms with Gasteiger partial charge in [0.05, 0.1) is 0 Å². The van der Waals surface area contributed by atoms with E-state index in [4.69, 9.17) is 0 Å². The van der Waals surface area contributed by atoms with Crippen LogP contribution in [0.1, 0.15) is 13.8 Å². The van der Waals surface area contributed by atoms with Gasteiger partial charge in [-0.05, 0) is 19.4 Å². The van der Waals surface area contributed by atoms with Crippen LogP contribution < -0.4 is 0 Å². The molecule has 0 bridgehead atoms. The van der Waals surface area contributed by atoms with E-state index in [2.05, 4.69) is 6.72 Å². The lowest BCUT2D eigenvalue weighted by molar-refractivity contribution is -0.413. The fourth-order valence-corrected chi connectivity index (χ4v) is 0.441. The van der Waals surface area contributed by atoms with Crippen LogP contribution in [0.4, 0.5) is 0 Å². The molecule has 0 saturated carbocycles. The molecule has 0 unspecified atom stereocenters. The van der Waals surface area contributed by atoms with Gasteiger partial charge in [-0.15, -0.1) is 0 Å². The van der Waals surface area contributed by atoms with Gasteiger partial charge in [-0.2, -0.15) is 0 Å². The smallest absolute Gasteiger partial charge is 0.166 e. The summed E-state index contributed by atoms with van der Waals surface area (Å²) >= 11 is 0. The topological polar surface area (TPSA) is 3.01 Å². The number of hydrogen-bond acceptors (Lipinski definition) is 0. The van der Waals surface area contributed by atoms with E-state index in [9.17, 15) is 0 Å². The second-order valence-corrected chi connectivity index (χ2v) is 1.96. The van der Waals surface area contributed by atoms with Gasteiger partial charge in [0.1, 0.15) is 13.8 Å². The second-order valence-electron chi connectivity index (χ2n) is 1.96. The average Bonchev–Trinajstić information content (AvgIpc) is 1.27. The normalized spacial score (nSPS) is 7.86. The molecule has 0 N–H and O–H groups in total. The van der Waals surface area contributed by atoms with Gasteiger partial charge in [-0.3, -0.25) is 0 Å². The van der Waals surface area contributed by atoms with Gasteiger partial charge in [0.25, 0.3) is 0 Å². The van der Waals surface area contributed by atoms with Crippen molar-refractivity contribution in [2.45, 2.75) is 13.8 Å². The number of hydrogen-bond donors (Lipinski definition) is 0. The zero-order valence-corrected chi connectivity index (χ0v) is 5.23. The van der Waals surface area contributed by atoms with E-state index in [1.165, 1.54) is 5.57 Å². The first-order valence-corrected chi connectivity index (χ1v) is 2.31. The van der Waals surface area contributed by atoms with Gasteiger partial charge in [0.15, 0.2) is 6.20 Å². The van der Waals surface area contributed by atoms with E-state index in [0.717, 1.165) is 0 Å². The third-order valence-corrected chi connectivity index (χ3v) is 0.479. The van der Waals surface area contributed by atoms with Crippen molar-refractivity contribution >= 4 is 6.72 Å². The Morgan fingerprint density at radius 2 is 2.00 bits per heavy atom. The Hall–Kier alpha value is -0.590. The van der Waals surface area contributed by atoms with Crippen molar-refractivity contribution in [2.24, 2.45) is 0 Å². The van der Waals surface area contributed by atoms with Crippen LogP contribution in [0, 0.1) is 0 Å². The maximum absolute atomic E-state index is 3.64. The summed E-state index contributed by atoms with van der Waals surface area (Å²) < 4.78 is 1.79. The minimum Gasteiger partial charge on any atom is -0.214 e. The minimum absolute atomic E-state index is 1.28. The predicted molar refractivity (Wildman–Crippen MR) is 32.7 cm³/mol. The number of nitrogens with zero attached hydrogens (tertiary/aromatic N) is 1. The first-order chi connectivity index (χ1) is 3.13. The number of rotatable bonds is 1. The van der Waals surface area contributed by atoms with Gasteiger partial charge >= 0.3 is 0 Å². The van der Waals surface area contributed by atoms with E-state index in [1.807, 2.05) is 27.1 Å². The summed E-state index contributed by atoms with van der Waals surface area (Å²) in [4.78, 5) is 0. The highest BCUT2D eigenvalue weighted by molar-refractivity contribution is 5.15. The Labute approximate surface area is 45.0 Å². The molecule has 7 heavy (non-hydrogen) atoms. The first-order valence-electron chi connectivity index (χ1n) is 2.31. The summed E-state index contributed by atoms with van der Waals surface area (Å²) in [5, 5.41) is 0. The highest BCUT2D eigenvalue weighted by Gasteiger charge is 1.79. The van der Waals surface area contributed by atoms with E-state index < -0.39 is 0 Å². The molecule has 0 aliphatic carbocycles. The van der Waals surface area contributed by atoms with Gasteiger partial charge in [0, 0.05) is 0 Å². The summed E-state index contributed by atoms with van der Waals surface area (Å²) in [6.07, 6.45) is 1.97. The molecule has 1 heteroatoms. The molecular weight excluding hydrogens is 86.1 g/mol. The van der Waals surface area contributed by atoms with Crippen molar-refractivity contribution < 1.29 is 4.58 Å². The molecule has 40 valence electrons. The summed E-state index contributed by atoms with van der Waals surface area (Å²) in [5.41, 5.74) is 1.28. The van der Waals surface area contributed by atoms with Crippen molar-refractivity contribution in [1.29, 1.82) is 0 Å². The molecule has 0 aliphatic rings. The maximum Gasteiger partial charge on any atom is 0.166 e. The Balaban J connectivity index is 3.68. The molecule has 0 aromatic carbocycles. The van der Waals surface area contributed by atoms with Crippen LogP contribution in [0.2, 0.25) is 0 Å². The maximum atomic E-state index is 3.64. The molecule has 0 spiro atoms. The van der Waals surface area contributed by atoms with Gasteiger partial charge in [0.2, 0.25) is 0 Å². The van der Waals surface area contributed by atoms with Crippen molar-refractivity contribution in [3.05, 3.63) is 11.8 Å².